The summed E-state index contributed by atoms with van der Waals surface area (Å²) in [5.41, 5.74) is 1.13. The van der Waals surface area contributed by atoms with E-state index in [0.717, 1.165) is 11.3 Å². The van der Waals surface area contributed by atoms with Gasteiger partial charge in [0.25, 0.3) is 0 Å². The van der Waals surface area contributed by atoms with Crippen molar-refractivity contribution in [1.29, 1.82) is 0 Å². The van der Waals surface area contributed by atoms with Gasteiger partial charge >= 0.3 is 5.97 Å². The van der Waals surface area contributed by atoms with Crippen LogP contribution in [0.1, 0.15) is 45.0 Å². The molecule has 0 aromatic carbocycles. The molecule has 5 heteroatoms. The maximum atomic E-state index is 11.4. The number of likely N-dealkylation sites (N-methyl/N-ethyl adjacent to an activating group) is 1. The number of carboxylic acid groups (broad SMARTS) is 1. The van der Waals surface area contributed by atoms with Gasteiger partial charge < -0.3 is 5.11 Å². The maximum absolute atomic E-state index is 11.4. The molecule has 1 aromatic heterocycles. The van der Waals surface area contributed by atoms with E-state index in [1.807, 2.05) is 38.9 Å². The molecule has 0 saturated heterocycles. The normalized spacial score (nSPS) is 13.9. The van der Waals surface area contributed by atoms with Crippen molar-refractivity contribution in [2.75, 3.05) is 6.54 Å². The van der Waals surface area contributed by atoms with Crippen molar-refractivity contribution < 1.29 is 9.90 Å². The molecule has 5 nitrogen and oxygen atoms in total. The van der Waals surface area contributed by atoms with Crippen LogP contribution in [-0.2, 0) is 11.8 Å². The predicted octanol–water partition coefficient (Wildman–Crippen LogP) is 1.97. The second-order valence-electron chi connectivity index (χ2n) is 5.17. The van der Waals surface area contributed by atoms with Gasteiger partial charge in [0.05, 0.1) is 5.69 Å². The van der Waals surface area contributed by atoms with Crippen molar-refractivity contribution >= 4 is 5.97 Å². The number of carboxylic acids is 1. The number of aromatic nitrogens is 2. The van der Waals surface area contributed by atoms with Gasteiger partial charge in [0.2, 0.25) is 0 Å². The average molecular weight is 253 g/mol. The fraction of sp³-hybridized carbons (Fsp3) is 0.692. The van der Waals surface area contributed by atoms with Crippen molar-refractivity contribution in [3.8, 4) is 0 Å². The van der Waals surface area contributed by atoms with Gasteiger partial charge in [0.1, 0.15) is 5.54 Å². The second kappa shape index (κ2) is 5.10. The third-order valence-corrected chi connectivity index (χ3v) is 3.55. The summed E-state index contributed by atoms with van der Waals surface area (Å²) in [4.78, 5) is 13.4. The highest BCUT2D eigenvalue weighted by molar-refractivity contribution is 5.77. The Morgan fingerprint density at radius 3 is 2.50 bits per heavy atom. The van der Waals surface area contributed by atoms with Crippen LogP contribution < -0.4 is 0 Å². The molecule has 0 aliphatic rings. The third-order valence-electron chi connectivity index (χ3n) is 3.55. The zero-order valence-electron chi connectivity index (χ0n) is 12.1. The van der Waals surface area contributed by atoms with Crippen molar-refractivity contribution in [3.63, 3.8) is 0 Å². The predicted molar refractivity (Wildman–Crippen MR) is 70.5 cm³/mol. The Balaban J connectivity index is 3.10. The Kier molecular flexibility index (Phi) is 4.16. The van der Waals surface area contributed by atoms with E-state index in [-0.39, 0.29) is 6.04 Å². The first kappa shape index (κ1) is 14.7. The Morgan fingerprint density at radius 2 is 2.17 bits per heavy atom. The minimum atomic E-state index is -0.892. The van der Waals surface area contributed by atoms with Crippen LogP contribution >= 0.6 is 0 Å². The van der Waals surface area contributed by atoms with Gasteiger partial charge in [-0.1, -0.05) is 6.92 Å². The minimum absolute atomic E-state index is 0.0230. The summed E-state index contributed by atoms with van der Waals surface area (Å²) in [6.45, 7) is 10.1. The molecule has 0 fully saturated rings. The van der Waals surface area contributed by atoms with Gasteiger partial charge in [-0.15, -0.1) is 0 Å². The maximum Gasteiger partial charge on any atom is 0.323 e. The Labute approximate surface area is 108 Å². The first-order chi connectivity index (χ1) is 8.21. The van der Waals surface area contributed by atoms with E-state index in [4.69, 9.17) is 0 Å². The molecule has 18 heavy (non-hydrogen) atoms. The molecule has 1 heterocycles. The lowest BCUT2D eigenvalue weighted by molar-refractivity contribution is -0.150. The fourth-order valence-corrected chi connectivity index (χ4v) is 2.47. The van der Waals surface area contributed by atoms with Gasteiger partial charge in [-0.3, -0.25) is 14.4 Å². The van der Waals surface area contributed by atoms with Crippen LogP contribution in [0.25, 0.3) is 0 Å². The van der Waals surface area contributed by atoms with E-state index in [2.05, 4.69) is 5.10 Å². The summed E-state index contributed by atoms with van der Waals surface area (Å²) in [6, 6.07) is 0.0230. The lowest BCUT2D eigenvalue weighted by atomic mass is 9.97. The summed E-state index contributed by atoms with van der Waals surface area (Å²) < 4.78 is 1.77. The second-order valence-corrected chi connectivity index (χ2v) is 5.17. The molecular formula is C13H23N3O2. The van der Waals surface area contributed by atoms with E-state index in [1.54, 1.807) is 18.5 Å². The van der Waals surface area contributed by atoms with E-state index in [0.29, 0.717) is 6.54 Å². The van der Waals surface area contributed by atoms with E-state index >= 15 is 0 Å². The Morgan fingerprint density at radius 1 is 1.61 bits per heavy atom. The molecule has 1 atom stereocenters. The molecule has 1 unspecified atom stereocenters. The molecular weight excluding hydrogens is 230 g/mol. The monoisotopic (exact) mass is 253 g/mol. The average Bonchev–Trinajstić information content (AvgIpc) is 2.58. The number of aryl methyl sites for hydroxylation is 2. The van der Waals surface area contributed by atoms with E-state index in [9.17, 15) is 9.90 Å². The number of carbonyl (C=O) groups is 1. The molecule has 0 bridgehead atoms. The van der Waals surface area contributed by atoms with Crippen LogP contribution in [0.15, 0.2) is 6.20 Å². The largest absolute Gasteiger partial charge is 0.480 e. The van der Waals surface area contributed by atoms with Gasteiger partial charge in [-0.2, -0.15) is 5.10 Å². The quantitative estimate of drug-likeness (QED) is 0.871. The molecule has 1 N–H and O–H groups in total. The molecule has 1 aromatic rings. The molecule has 0 amide bonds. The molecule has 0 radical (unpaired) electrons. The zero-order chi connectivity index (χ0) is 14.1. The fourth-order valence-electron chi connectivity index (χ4n) is 2.47. The standard InChI is InChI=1S/C13H23N3O2/c1-7-16(13(4,5)12(17)18)10(3)11-8-15(6)14-9(11)2/h8,10H,7H2,1-6H3,(H,17,18). The van der Waals surface area contributed by atoms with Gasteiger partial charge in [0, 0.05) is 24.8 Å². The van der Waals surface area contributed by atoms with E-state index < -0.39 is 11.5 Å². The van der Waals surface area contributed by atoms with Crippen molar-refractivity contribution in [3.05, 3.63) is 17.5 Å². The van der Waals surface area contributed by atoms with Crippen LogP contribution in [0.4, 0.5) is 0 Å². The lowest BCUT2D eigenvalue weighted by Gasteiger charge is -2.38. The molecule has 0 spiro atoms. The number of nitrogens with zero attached hydrogens (tertiary/aromatic N) is 3. The van der Waals surface area contributed by atoms with Gasteiger partial charge in [-0.25, -0.2) is 0 Å². The van der Waals surface area contributed by atoms with Gasteiger partial charge in [0.15, 0.2) is 0 Å². The molecule has 0 aliphatic heterocycles. The molecule has 102 valence electrons. The number of aliphatic carboxylic acids is 1. The first-order valence-electron chi connectivity index (χ1n) is 6.22. The highest BCUT2D eigenvalue weighted by Gasteiger charge is 2.37. The number of rotatable bonds is 5. The third kappa shape index (κ3) is 2.56. The van der Waals surface area contributed by atoms with E-state index in [1.165, 1.54) is 0 Å². The number of hydrogen-bond acceptors (Lipinski definition) is 3. The molecule has 0 aliphatic carbocycles. The smallest absolute Gasteiger partial charge is 0.323 e. The summed E-state index contributed by atoms with van der Waals surface area (Å²) >= 11 is 0. The topological polar surface area (TPSA) is 58.4 Å². The molecule has 1 rings (SSSR count). The first-order valence-corrected chi connectivity index (χ1v) is 6.22. The Bertz CT molecular complexity index is 437. The van der Waals surface area contributed by atoms with Gasteiger partial charge in [-0.05, 0) is 34.2 Å². The minimum Gasteiger partial charge on any atom is -0.480 e. The molecule has 0 saturated carbocycles. The summed E-state index contributed by atoms with van der Waals surface area (Å²) in [5, 5.41) is 13.7. The van der Waals surface area contributed by atoms with Crippen LogP contribution in [0.5, 0.6) is 0 Å². The van der Waals surface area contributed by atoms with Crippen LogP contribution in [0.2, 0.25) is 0 Å². The van der Waals surface area contributed by atoms with Crippen LogP contribution in [-0.4, -0.2) is 37.8 Å². The SMILES string of the molecule is CCN(C(C)c1cn(C)nc1C)C(C)(C)C(=O)O. The van der Waals surface area contributed by atoms with Crippen molar-refractivity contribution in [2.24, 2.45) is 7.05 Å². The summed E-state index contributed by atoms with van der Waals surface area (Å²) in [5.74, 6) is -0.808. The van der Waals surface area contributed by atoms with Crippen LogP contribution in [0, 0.1) is 6.92 Å². The van der Waals surface area contributed by atoms with Crippen LogP contribution in [0.3, 0.4) is 0 Å². The summed E-state index contributed by atoms with van der Waals surface area (Å²) in [7, 11) is 1.88. The highest BCUT2D eigenvalue weighted by Crippen LogP contribution is 2.29. The Hall–Kier alpha value is -1.36. The zero-order valence-corrected chi connectivity index (χ0v) is 12.1. The van der Waals surface area contributed by atoms with Crippen molar-refractivity contribution in [2.45, 2.75) is 46.2 Å². The number of hydrogen-bond donors (Lipinski definition) is 1. The summed E-state index contributed by atoms with van der Waals surface area (Å²) in [6.07, 6.45) is 1.96. The van der Waals surface area contributed by atoms with Crippen molar-refractivity contribution in [1.82, 2.24) is 14.7 Å². The lowest BCUT2D eigenvalue weighted by Crippen LogP contribution is -2.51. The highest BCUT2D eigenvalue weighted by atomic mass is 16.4.